The minimum Gasteiger partial charge on any atom is -0.340 e. The fourth-order valence-electron chi connectivity index (χ4n) is 3.42. The largest absolute Gasteiger partial charge is 0.340 e. The molecule has 0 fully saturated rings. The van der Waals surface area contributed by atoms with E-state index in [1.807, 2.05) is 66.7 Å². The van der Waals surface area contributed by atoms with Crippen molar-refractivity contribution in [2.75, 3.05) is 11.9 Å². The van der Waals surface area contributed by atoms with Crippen molar-refractivity contribution in [3.05, 3.63) is 109 Å². The van der Waals surface area contributed by atoms with E-state index in [9.17, 15) is 4.39 Å². The molecule has 28 heavy (non-hydrogen) atoms. The third-order valence-electron chi connectivity index (χ3n) is 4.84. The molecule has 0 N–H and O–H groups in total. The molecule has 0 bridgehead atoms. The lowest BCUT2D eigenvalue weighted by atomic mass is 9.93. The number of rotatable bonds is 4. The second-order valence-corrected chi connectivity index (χ2v) is 6.56. The molecule has 0 saturated heterocycles. The van der Waals surface area contributed by atoms with E-state index < -0.39 is 5.82 Å². The number of halogens is 2. The highest BCUT2D eigenvalue weighted by Crippen LogP contribution is 2.40. The Hall–Kier alpha value is -3.46. The van der Waals surface area contributed by atoms with Gasteiger partial charge in [-0.25, -0.2) is 8.78 Å². The molecule has 0 aromatic heterocycles. The van der Waals surface area contributed by atoms with Crippen LogP contribution in [0, 0.1) is 11.6 Å². The Morgan fingerprint density at radius 2 is 1.14 bits per heavy atom. The maximum Gasteiger partial charge on any atom is 0.155 e. The van der Waals surface area contributed by atoms with Crippen molar-refractivity contribution in [3.63, 3.8) is 0 Å². The van der Waals surface area contributed by atoms with Crippen LogP contribution >= 0.6 is 0 Å². The van der Waals surface area contributed by atoms with Crippen LogP contribution in [0.2, 0.25) is 0 Å². The molecule has 0 atom stereocenters. The Labute approximate surface area is 163 Å². The lowest BCUT2D eigenvalue weighted by Crippen LogP contribution is -2.13. The summed E-state index contributed by atoms with van der Waals surface area (Å²) in [6, 6.07) is 29.1. The Morgan fingerprint density at radius 1 is 0.571 bits per heavy atom. The monoisotopic (exact) mass is 371 g/mol. The van der Waals surface area contributed by atoms with Gasteiger partial charge in [0, 0.05) is 12.6 Å². The lowest BCUT2D eigenvalue weighted by molar-refractivity contribution is 0.619. The summed E-state index contributed by atoms with van der Waals surface area (Å²) in [7, 11) is 1.67. The number of para-hydroxylation sites is 1. The van der Waals surface area contributed by atoms with Gasteiger partial charge in [0.25, 0.3) is 0 Å². The van der Waals surface area contributed by atoms with Gasteiger partial charge in [-0.05, 0) is 34.9 Å². The van der Waals surface area contributed by atoms with E-state index >= 15 is 4.39 Å². The van der Waals surface area contributed by atoms with Crippen molar-refractivity contribution in [3.8, 4) is 22.3 Å². The average molecular weight is 371 g/mol. The average Bonchev–Trinajstić information content (AvgIpc) is 2.74. The van der Waals surface area contributed by atoms with Gasteiger partial charge in [-0.2, -0.15) is 0 Å². The van der Waals surface area contributed by atoms with E-state index in [2.05, 4.69) is 0 Å². The van der Waals surface area contributed by atoms with E-state index in [0.29, 0.717) is 16.9 Å². The predicted molar refractivity (Wildman–Crippen MR) is 112 cm³/mol. The molecular formula is C25H19F2N. The van der Waals surface area contributed by atoms with E-state index in [1.54, 1.807) is 36.2 Å². The topological polar surface area (TPSA) is 3.24 Å². The first-order chi connectivity index (χ1) is 13.7. The van der Waals surface area contributed by atoms with E-state index in [1.165, 1.54) is 6.07 Å². The van der Waals surface area contributed by atoms with Gasteiger partial charge in [-0.1, -0.05) is 78.9 Å². The zero-order chi connectivity index (χ0) is 19.5. The van der Waals surface area contributed by atoms with E-state index in [4.69, 9.17) is 0 Å². The second kappa shape index (κ2) is 7.65. The molecule has 0 unspecified atom stereocenters. The van der Waals surface area contributed by atoms with Gasteiger partial charge in [0.2, 0.25) is 0 Å². The van der Waals surface area contributed by atoms with Crippen LogP contribution in [0.5, 0.6) is 0 Å². The van der Waals surface area contributed by atoms with Crippen LogP contribution in [0.1, 0.15) is 0 Å². The summed E-state index contributed by atoms with van der Waals surface area (Å²) in [5.74, 6) is -0.767. The molecule has 4 aromatic carbocycles. The first kappa shape index (κ1) is 17.9. The van der Waals surface area contributed by atoms with Crippen LogP contribution in [0.25, 0.3) is 22.3 Å². The Balaban J connectivity index is 1.93. The first-order valence-electron chi connectivity index (χ1n) is 9.08. The molecule has 0 radical (unpaired) electrons. The molecular weight excluding hydrogens is 352 g/mol. The smallest absolute Gasteiger partial charge is 0.155 e. The fourth-order valence-corrected chi connectivity index (χ4v) is 3.42. The minimum absolute atomic E-state index is 0.323. The second-order valence-electron chi connectivity index (χ2n) is 6.56. The van der Waals surface area contributed by atoms with Crippen LogP contribution in [0.4, 0.5) is 20.2 Å². The minimum atomic E-state index is -0.391. The highest BCUT2D eigenvalue weighted by molar-refractivity contribution is 5.87. The summed E-state index contributed by atoms with van der Waals surface area (Å²) in [4.78, 5) is 1.55. The molecule has 4 rings (SSSR count). The molecule has 0 saturated carbocycles. The van der Waals surface area contributed by atoms with Gasteiger partial charge < -0.3 is 4.90 Å². The van der Waals surface area contributed by atoms with Crippen LogP contribution in [-0.4, -0.2) is 7.05 Å². The zero-order valence-electron chi connectivity index (χ0n) is 15.4. The lowest BCUT2D eigenvalue weighted by Gasteiger charge is -2.23. The summed E-state index contributed by atoms with van der Waals surface area (Å²) >= 11 is 0. The molecule has 0 heterocycles. The normalized spacial score (nSPS) is 10.7. The summed E-state index contributed by atoms with van der Waals surface area (Å²) < 4.78 is 30.1. The Kier molecular flexibility index (Phi) is 4.90. The van der Waals surface area contributed by atoms with E-state index in [0.717, 1.165) is 16.7 Å². The SMILES string of the molecule is CN(c1ccccc1F)c1ccc(-c2ccccc2)c(-c2ccccc2)c1F. The molecule has 4 aromatic rings. The van der Waals surface area contributed by atoms with Gasteiger partial charge in [-0.15, -0.1) is 0 Å². The van der Waals surface area contributed by atoms with Crippen LogP contribution in [-0.2, 0) is 0 Å². The Morgan fingerprint density at radius 3 is 1.79 bits per heavy atom. The maximum atomic E-state index is 15.8. The van der Waals surface area contributed by atoms with Gasteiger partial charge >= 0.3 is 0 Å². The predicted octanol–water partition coefficient (Wildman–Crippen LogP) is 7.07. The molecule has 0 aliphatic rings. The first-order valence-corrected chi connectivity index (χ1v) is 9.08. The quantitative estimate of drug-likeness (QED) is 0.371. The molecule has 0 aliphatic heterocycles. The highest BCUT2D eigenvalue weighted by atomic mass is 19.1. The van der Waals surface area contributed by atoms with Gasteiger partial charge in [0.1, 0.15) is 5.82 Å². The standard InChI is InChI=1S/C25H19F2N/c1-28(22-15-9-8-14-21(22)26)23-17-16-20(18-10-4-2-5-11-18)24(25(23)27)19-12-6-3-7-13-19/h2-17H,1H3. The van der Waals surface area contributed by atoms with Crippen molar-refractivity contribution in [1.29, 1.82) is 0 Å². The zero-order valence-corrected chi connectivity index (χ0v) is 15.4. The third kappa shape index (κ3) is 3.27. The number of nitrogens with zero attached hydrogens (tertiary/aromatic N) is 1. The molecule has 0 amide bonds. The highest BCUT2D eigenvalue weighted by Gasteiger charge is 2.20. The van der Waals surface area contributed by atoms with Gasteiger partial charge in [0.05, 0.1) is 11.4 Å². The number of benzene rings is 4. The number of hydrogen-bond donors (Lipinski definition) is 0. The van der Waals surface area contributed by atoms with Crippen molar-refractivity contribution >= 4 is 11.4 Å². The summed E-state index contributed by atoms with van der Waals surface area (Å²) in [5, 5.41) is 0. The molecule has 0 spiro atoms. The molecule has 0 aliphatic carbocycles. The van der Waals surface area contributed by atoms with Crippen molar-refractivity contribution in [1.82, 2.24) is 0 Å². The number of hydrogen-bond acceptors (Lipinski definition) is 1. The van der Waals surface area contributed by atoms with Crippen molar-refractivity contribution in [2.24, 2.45) is 0 Å². The van der Waals surface area contributed by atoms with Crippen LogP contribution in [0.3, 0.4) is 0 Å². The third-order valence-corrected chi connectivity index (χ3v) is 4.84. The van der Waals surface area contributed by atoms with E-state index in [-0.39, 0.29) is 5.82 Å². The van der Waals surface area contributed by atoms with Crippen LogP contribution in [0.15, 0.2) is 97.1 Å². The maximum absolute atomic E-state index is 15.8. The Bertz CT molecular complexity index is 1090. The molecule has 138 valence electrons. The van der Waals surface area contributed by atoms with Crippen LogP contribution < -0.4 is 4.90 Å². The summed E-state index contributed by atoms with van der Waals surface area (Å²) in [6.07, 6.45) is 0. The number of anilines is 2. The summed E-state index contributed by atoms with van der Waals surface area (Å²) in [5.41, 5.74) is 3.67. The van der Waals surface area contributed by atoms with Crippen molar-refractivity contribution in [2.45, 2.75) is 0 Å². The fraction of sp³-hybridized carbons (Fsp3) is 0.0400. The molecule has 3 heteroatoms. The van der Waals surface area contributed by atoms with Gasteiger partial charge in [0.15, 0.2) is 5.82 Å². The van der Waals surface area contributed by atoms with Crippen molar-refractivity contribution < 1.29 is 8.78 Å². The summed E-state index contributed by atoms with van der Waals surface area (Å²) in [6.45, 7) is 0. The molecule has 1 nitrogen and oxygen atoms in total. The van der Waals surface area contributed by atoms with Gasteiger partial charge in [-0.3, -0.25) is 0 Å².